The van der Waals surface area contributed by atoms with Crippen LogP contribution >= 0.6 is 0 Å². The normalized spacial score (nSPS) is 30.3. The molecular weight excluding hydrogens is 240 g/mol. The van der Waals surface area contributed by atoms with Gasteiger partial charge < -0.3 is 0 Å². The van der Waals surface area contributed by atoms with E-state index in [1.54, 1.807) is 0 Å². The molecule has 3 aliphatic rings. The minimum atomic E-state index is 0.617. The van der Waals surface area contributed by atoms with E-state index in [1.165, 1.54) is 43.4 Å². The number of nitrogens with zero attached hydrogens (tertiary/aromatic N) is 4. The van der Waals surface area contributed by atoms with E-state index >= 15 is 0 Å². The van der Waals surface area contributed by atoms with Gasteiger partial charge in [-0.1, -0.05) is 19.3 Å². The molecule has 0 aromatic carbocycles. The van der Waals surface area contributed by atoms with E-state index in [9.17, 15) is 0 Å². The van der Waals surface area contributed by atoms with Crippen molar-refractivity contribution in [2.24, 2.45) is 11.3 Å². The van der Waals surface area contributed by atoms with E-state index in [-0.39, 0.29) is 0 Å². The highest BCUT2D eigenvalue weighted by Crippen LogP contribution is 2.75. The summed E-state index contributed by atoms with van der Waals surface area (Å²) in [4.78, 5) is 0. The van der Waals surface area contributed by atoms with E-state index in [4.69, 9.17) is 0 Å². The lowest BCUT2D eigenvalue weighted by Crippen LogP contribution is -2.14. The van der Waals surface area contributed by atoms with Crippen LogP contribution in [-0.2, 0) is 6.42 Å². The fraction of sp³-hybridized carbons (Fsp3) is 0.692. The SMILES string of the molecule is C1CCC2(CC1)[C@@H]1c3[nH]nc(-c4nn[nH]n4)c3C[C@@H]12. The molecule has 2 heterocycles. The van der Waals surface area contributed by atoms with Crippen LogP contribution in [0, 0.1) is 11.3 Å². The summed E-state index contributed by atoms with van der Waals surface area (Å²) in [6.45, 7) is 0. The van der Waals surface area contributed by atoms with Crippen molar-refractivity contribution in [2.45, 2.75) is 44.4 Å². The zero-order chi connectivity index (χ0) is 12.4. The highest BCUT2D eigenvalue weighted by molar-refractivity contribution is 5.60. The van der Waals surface area contributed by atoms with Crippen molar-refractivity contribution in [1.29, 1.82) is 0 Å². The number of aromatic nitrogens is 6. The molecule has 6 heteroatoms. The van der Waals surface area contributed by atoms with Crippen LogP contribution < -0.4 is 0 Å². The zero-order valence-electron chi connectivity index (χ0n) is 10.7. The number of rotatable bonds is 1. The molecule has 2 saturated carbocycles. The third kappa shape index (κ3) is 1.13. The highest BCUT2D eigenvalue weighted by Gasteiger charge is 2.68. The molecule has 0 amide bonds. The molecule has 0 aliphatic heterocycles. The molecule has 19 heavy (non-hydrogen) atoms. The molecular formula is C13H16N6. The van der Waals surface area contributed by atoms with Crippen molar-refractivity contribution < 1.29 is 0 Å². The lowest BCUT2D eigenvalue weighted by Gasteiger charge is -2.25. The van der Waals surface area contributed by atoms with Crippen LogP contribution in [0.3, 0.4) is 0 Å². The molecule has 6 nitrogen and oxygen atoms in total. The van der Waals surface area contributed by atoms with Crippen LogP contribution in [0.1, 0.15) is 49.3 Å². The van der Waals surface area contributed by atoms with Gasteiger partial charge in [0.05, 0.1) is 0 Å². The molecule has 2 atom stereocenters. The van der Waals surface area contributed by atoms with Gasteiger partial charge in [0, 0.05) is 17.2 Å². The van der Waals surface area contributed by atoms with Gasteiger partial charge in [0.15, 0.2) is 0 Å². The van der Waals surface area contributed by atoms with Gasteiger partial charge in [-0.05, 0) is 35.8 Å². The standard InChI is InChI=1S/C13H16N6/c1-2-4-13(5-3-1)8-6-7-10(9(8)13)14-15-11(7)12-16-18-19-17-12/h8-9H,1-6H2,(H,14,15)(H,16,17,18,19)/t8-,9-/m0/s1. The van der Waals surface area contributed by atoms with Crippen molar-refractivity contribution >= 4 is 0 Å². The second kappa shape index (κ2) is 3.23. The van der Waals surface area contributed by atoms with Gasteiger partial charge in [0.2, 0.25) is 5.82 Å². The number of tetrazole rings is 1. The number of H-pyrrole nitrogens is 2. The lowest BCUT2D eigenvalue weighted by atomic mass is 9.80. The molecule has 2 aromatic rings. The monoisotopic (exact) mass is 256 g/mol. The Labute approximate surface area is 110 Å². The summed E-state index contributed by atoms with van der Waals surface area (Å²) in [5.74, 6) is 2.20. The number of nitrogens with one attached hydrogen (secondary N) is 2. The Bertz CT molecular complexity index is 622. The van der Waals surface area contributed by atoms with Crippen LogP contribution in [0.25, 0.3) is 11.5 Å². The van der Waals surface area contributed by atoms with Crippen molar-refractivity contribution in [2.75, 3.05) is 0 Å². The minimum absolute atomic E-state index is 0.617. The van der Waals surface area contributed by atoms with Gasteiger partial charge in [-0.3, -0.25) is 5.10 Å². The first-order valence-corrected chi connectivity index (χ1v) is 7.21. The molecule has 2 N–H and O–H groups in total. The Morgan fingerprint density at radius 2 is 2.00 bits per heavy atom. The molecule has 0 bridgehead atoms. The Hall–Kier alpha value is -1.72. The number of aromatic amines is 2. The predicted molar refractivity (Wildman–Crippen MR) is 67.2 cm³/mol. The van der Waals surface area contributed by atoms with Crippen molar-refractivity contribution in [1.82, 2.24) is 30.8 Å². The lowest BCUT2D eigenvalue weighted by molar-refractivity contribution is 0.295. The zero-order valence-corrected chi connectivity index (χ0v) is 10.7. The van der Waals surface area contributed by atoms with E-state index < -0.39 is 0 Å². The van der Waals surface area contributed by atoms with Crippen molar-refractivity contribution in [3.05, 3.63) is 11.3 Å². The van der Waals surface area contributed by atoms with Gasteiger partial charge in [0.25, 0.3) is 0 Å². The number of hydrogen-bond donors (Lipinski definition) is 2. The molecule has 98 valence electrons. The summed E-state index contributed by atoms with van der Waals surface area (Å²) in [6, 6.07) is 0. The van der Waals surface area contributed by atoms with E-state index in [2.05, 4.69) is 30.8 Å². The second-order valence-electron chi connectivity index (χ2n) is 6.28. The smallest absolute Gasteiger partial charge is 0.225 e. The third-order valence-electron chi connectivity index (χ3n) is 5.63. The fourth-order valence-corrected chi connectivity index (χ4v) is 4.79. The molecule has 5 rings (SSSR count). The minimum Gasteiger partial charge on any atom is -0.281 e. The summed E-state index contributed by atoms with van der Waals surface area (Å²) >= 11 is 0. The largest absolute Gasteiger partial charge is 0.281 e. The third-order valence-corrected chi connectivity index (χ3v) is 5.63. The van der Waals surface area contributed by atoms with Crippen LogP contribution in [0.5, 0.6) is 0 Å². The topological polar surface area (TPSA) is 83.1 Å². The summed E-state index contributed by atoms with van der Waals surface area (Å²) in [7, 11) is 0. The Balaban J connectivity index is 1.54. The van der Waals surface area contributed by atoms with Crippen LogP contribution in [0.4, 0.5) is 0 Å². The quantitative estimate of drug-likeness (QED) is 0.815. The highest BCUT2D eigenvalue weighted by atomic mass is 15.5. The van der Waals surface area contributed by atoms with Gasteiger partial charge in [-0.2, -0.15) is 10.3 Å². The average Bonchev–Trinajstić information content (AvgIpc) is 2.97. The first-order valence-electron chi connectivity index (χ1n) is 7.21. The van der Waals surface area contributed by atoms with Crippen LogP contribution in [0.2, 0.25) is 0 Å². The molecule has 2 aromatic heterocycles. The summed E-state index contributed by atoms with van der Waals surface area (Å²) in [6.07, 6.45) is 8.23. The summed E-state index contributed by atoms with van der Waals surface area (Å²) < 4.78 is 0. The maximum atomic E-state index is 4.43. The Morgan fingerprint density at radius 1 is 1.11 bits per heavy atom. The first-order chi connectivity index (χ1) is 9.40. The summed E-state index contributed by atoms with van der Waals surface area (Å²) in [5, 5.41) is 21.9. The molecule has 1 spiro atoms. The Kier molecular flexibility index (Phi) is 1.72. The van der Waals surface area contributed by atoms with Gasteiger partial charge in [-0.15, -0.1) is 10.2 Å². The number of hydrogen-bond acceptors (Lipinski definition) is 4. The molecule has 0 saturated heterocycles. The first kappa shape index (κ1) is 10.1. The van der Waals surface area contributed by atoms with E-state index in [0.717, 1.165) is 24.0 Å². The average molecular weight is 256 g/mol. The number of fused-ring (bicyclic) bond motifs is 5. The van der Waals surface area contributed by atoms with Gasteiger partial charge in [-0.25, -0.2) is 0 Å². The molecule has 2 fully saturated rings. The molecule has 0 unspecified atom stereocenters. The second-order valence-corrected chi connectivity index (χ2v) is 6.28. The van der Waals surface area contributed by atoms with E-state index in [1.807, 2.05) is 0 Å². The van der Waals surface area contributed by atoms with Gasteiger partial charge in [0.1, 0.15) is 5.69 Å². The van der Waals surface area contributed by atoms with Gasteiger partial charge >= 0.3 is 0 Å². The van der Waals surface area contributed by atoms with Crippen molar-refractivity contribution in [3.63, 3.8) is 0 Å². The van der Waals surface area contributed by atoms with Crippen LogP contribution in [-0.4, -0.2) is 30.8 Å². The fourth-order valence-electron chi connectivity index (χ4n) is 4.79. The molecule has 3 aliphatic carbocycles. The Morgan fingerprint density at radius 3 is 2.79 bits per heavy atom. The van der Waals surface area contributed by atoms with Crippen LogP contribution in [0.15, 0.2) is 0 Å². The molecule has 0 radical (unpaired) electrons. The maximum absolute atomic E-state index is 4.43. The van der Waals surface area contributed by atoms with E-state index in [0.29, 0.717) is 11.2 Å². The predicted octanol–water partition coefficient (Wildman–Crippen LogP) is 1.81. The maximum Gasteiger partial charge on any atom is 0.225 e. The summed E-state index contributed by atoms with van der Waals surface area (Å²) in [5.41, 5.74) is 4.23. The van der Waals surface area contributed by atoms with Crippen molar-refractivity contribution in [3.8, 4) is 11.5 Å².